The minimum atomic E-state index is -0.555. The lowest BCUT2D eigenvalue weighted by Gasteiger charge is -2.32. The van der Waals surface area contributed by atoms with Gasteiger partial charge < -0.3 is 14.2 Å². The Hall–Kier alpha value is -2.15. The average molecular weight is 352 g/mol. The van der Waals surface area contributed by atoms with Crippen molar-refractivity contribution in [3.63, 3.8) is 0 Å². The standard InChI is InChI=1S/C17H17FO5S/c1-21-11-7-12-10(14(18)16(11)22-2)6-13(24-12)15(19)8-4-5-9(8)17(20)23-3/h6-9H,4-5H2,1-3H3/t8-,9-/m1/s1. The largest absolute Gasteiger partial charge is 0.493 e. The summed E-state index contributed by atoms with van der Waals surface area (Å²) in [6.45, 7) is 0. The molecule has 1 fully saturated rings. The summed E-state index contributed by atoms with van der Waals surface area (Å²) in [4.78, 5) is 24.8. The Bertz CT molecular complexity index is 813. The molecule has 1 heterocycles. The number of carbonyl (C=O) groups excluding carboxylic acids is 2. The van der Waals surface area contributed by atoms with Crippen LogP contribution in [0.4, 0.5) is 4.39 Å². The number of ether oxygens (including phenoxy) is 3. The Morgan fingerprint density at radius 2 is 1.83 bits per heavy atom. The number of hydrogen-bond donors (Lipinski definition) is 0. The zero-order valence-electron chi connectivity index (χ0n) is 13.6. The lowest BCUT2D eigenvalue weighted by Crippen LogP contribution is -2.38. The summed E-state index contributed by atoms with van der Waals surface area (Å²) >= 11 is 1.19. The number of esters is 1. The Morgan fingerprint density at radius 3 is 2.38 bits per heavy atom. The van der Waals surface area contributed by atoms with Gasteiger partial charge in [-0.25, -0.2) is 4.39 Å². The van der Waals surface area contributed by atoms with Crippen molar-refractivity contribution in [1.82, 2.24) is 0 Å². The number of carbonyl (C=O) groups is 2. The molecule has 1 aromatic heterocycles. The molecule has 0 N–H and O–H groups in total. The zero-order chi connectivity index (χ0) is 17.4. The summed E-state index contributed by atoms with van der Waals surface area (Å²) in [6.07, 6.45) is 1.28. The second-order valence-corrected chi connectivity index (χ2v) is 6.71. The van der Waals surface area contributed by atoms with Crippen LogP contribution in [0, 0.1) is 17.7 Å². The molecule has 0 aliphatic heterocycles. The van der Waals surface area contributed by atoms with E-state index in [1.165, 1.54) is 38.7 Å². The maximum absolute atomic E-state index is 14.6. The number of ketones is 1. The van der Waals surface area contributed by atoms with E-state index in [1.54, 1.807) is 6.07 Å². The van der Waals surface area contributed by atoms with Crippen molar-refractivity contribution in [2.45, 2.75) is 12.8 Å². The summed E-state index contributed by atoms with van der Waals surface area (Å²) in [7, 11) is 4.11. The molecule has 0 amide bonds. The highest BCUT2D eigenvalue weighted by atomic mass is 32.1. The lowest BCUT2D eigenvalue weighted by atomic mass is 9.71. The van der Waals surface area contributed by atoms with Gasteiger partial charge in [-0.05, 0) is 18.9 Å². The molecule has 2 aromatic rings. The van der Waals surface area contributed by atoms with Crippen LogP contribution in [0.5, 0.6) is 11.5 Å². The normalized spacial score (nSPS) is 19.7. The molecule has 7 heteroatoms. The lowest BCUT2D eigenvalue weighted by molar-refractivity contribution is -0.150. The maximum Gasteiger partial charge on any atom is 0.309 e. The number of fused-ring (bicyclic) bond motifs is 1. The molecule has 2 atom stereocenters. The van der Waals surface area contributed by atoms with Gasteiger partial charge in [0.25, 0.3) is 0 Å². The Morgan fingerprint density at radius 1 is 1.12 bits per heavy atom. The highest BCUT2D eigenvalue weighted by molar-refractivity contribution is 7.20. The van der Waals surface area contributed by atoms with Crippen molar-refractivity contribution in [2.75, 3.05) is 21.3 Å². The van der Waals surface area contributed by atoms with E-state index in [0.717, 1.165) is 0 Å². The number of Topliss-reactive ketones (excluding diaryl/α,β-unsaturated/α-hetero) is 1. The number of hydrogen-bond acceptors (Lipinski definition) is 6. The smallest absolute Gasteiger partial charge is 0.309 e. The topological polar surface area (TPSA) is 61.8 Å². The van der Waals surface area contributed by atoms with Crippen molar-refractivity contribution in [3.05, 3.63) is 22.8 Å². The first-order valence-electron chi connectivity index (χ1n) is 7.47. The number of benzene rings is 1. The summed E-state index contributed by atoms with van der Waals surface area (Å²) in [6, 6.07) is 3.17. The molecule has 3 rings (SSSR count). The van der Waals surface area contributed by atoms with Gasteiger partial charge in [-0.1, -0.05) is 0 Å². The highest BCUT2D eigenvalue weighted by Crippen LogP contribution is 2.43. The van der Waals surface area contributed by atoms with Crippen molar-refractivity contribution >= 4 is 33.2 Å². The summed E-state index contributed by atoms with van der Waals surface area (Å²) < 4.78 is 30.1. The van der Waals surface area contributed by atoms with Crippen LogP contribution < -0.4 is 9.47 Å². The second kappa shape index (κ2) is 6.39. The molecular formula is C17H17FO5S. The Balaban J connectivity index is 1.98. The predicted octanol–water partition coefficient (Wildman–Crippen LogP) is 3.44. The van der Waals surface area contributed by atoms with Gasteiger partial charge in [-0.3, -0.25) is 9.59 Å². The molecule has 1 aliphatic carbocycles. The number of thiophene rings is 1. The molecule has 128 valence electrons. The third-order valence-electron chi connectivity index (χ3n) is 4.46. The number of methoxy groups -OCH3 is 3. The quantitative estimate of drug-likeness (QED) is 0.609. The van der Waals surface area contributed by atoms with E-state index in [0.29, 0.717) is 27.8 Å². The van der Waals surface area contributed by atoms with Crippen LogP contribution >= 0.6 is 11.3 Å². The van der Waals surface area contributed by atoms with Crippen molar-refractivity contribution in [3.8, 4) is 11.5 Å². The zero-order valence-corrected chi connectivity index (χ0v) is 14.4. The first kappa shape index (κ1) is 16.7. The molecule has 24 heavy (non-hydrogen) atoms. The van der Waals surface area contributed by atoms with Crippen molar-refractivity contribution in [2.24, 2.45) is 11.8 Å². The Kier molecular flexibility index (Phi) is 4.45. The molecule has 0 saturated heterocycles. The minimum absolute atomic E-state index is 0.0119. The van der Waals surface area contributed by atoms with Gasteiger partial charge in [0.15, 0.2) is 23.1 Å². The molecule has 5 nitrogen and oxygen atoms in total. The molecule has 1 aliphatic rings. The number of halogens is 1. The third-order valence-corrected chi connectivity index (χ3v) is 5.56. The van der Waals surface area contributed by atoms with E-state index in [4.69, 9.17) is 14.2 Å². The summed E-state index contributed by atoms with van der Waals surface area (Å²) in [5.74, 6) is -1.57. The van der Waals surface area contributed by atoms with Gasteiger partial charge >= 0.3 is 5.97 Å². The fraction of sp³-hybridized carbons (Fsp3) is 0.412. The van der Waals surface area contributed by atoms with E-state index in [1.807, 2.05) is 0 Å². The van der Waals surface area contributed by atoms with Crippen LogP contribution in [-0.4, -0.2) is 33.1 Å². The van der Waals surface area contributed by atoms with Gasteiger partial charge in [-0.2, -0.15) is 0 Å². The van der Waals surface area contributed by atoms with Crippen LogP contribution in [0.25, 0.3) is 10.1 Å². The van der Waals surface area contributed by atoms with Gasteiger partial charge in [-0.15, -0.1) is 11.3 Å². The van der Waals surface area contributed by atoms with Crippen LogP contribution in [0.1, 0.15) is 22.5 Å². The summed E-state index contributed by atoms with van der Waals surface area (Å²) in [5.41, 5.74) is 0. The van der Waals surface area contributed by atoms with E-state index in [9.17, 15) is 14.0 Å². The molecule has 0 unspecified atom stereocenters. The minimum Gasteiger partial charge on any atom is -0.493 e. The first-order valence-corrected chi connectivity index (χ1v) is 8.29. The first-order chi connectivity index (χ1) is 11.5. The molecule has 0 spiro atoms. The Labute approximate surface area is 142 Å². The fourth-order valence-electron chi connectivity index (χ4n) is 2.99. The predicted molar refractivity (Wildman–Crippen MR) is 87.4 cm³/mol. The molecule has 0 bridgehead atoms. The van der Waals surface area contributed by atoms with Crippen LogP contribution in [0.15, 0.2) is 12.1 Å². The van der Waals surface area contributed by atoms with Crippen molar-refractivity contribution in [1.29, 1.82) is 0 Å². The van der Waals surface area contributed by atoms with Gasteiger partial charge in [0, 0.05) is 22.1 Å². The monoisotopic (exact) mass is 352 g/mol. The maximum atomic E-state index is 14.6. The fourth-order valence-corrected chi connectivity index (χ4v) is 4.08. The number of rotatable bonds is 5. The van der Waals surface area contributed by atoms with Crippen LogP contribution in [0.2, 0.25) is 0 Å². The van der Waals surface area contributed by atoms with E-state index >= 15 is 0 Å². The van der Waals surface area contributed by atoms with Crippen LogP contribution in [-0.2, 0) is 9.53 Å². The van der Waals surface area contributed by atoms with E-state index in [-0.39, 0.29) is 23.3 Å². The van der Waals surface area contributed by atoms with Gasteiger partial charge in [0.2, 0.25) is 0 Å². The molecular weight excluding hydrogens is 335 g/mol. The highest BCUT2D eigenvalue weighted by Gasteiger charge is 2.42. The van der Waals surface area contributed by atoms with Gasteiger partial charge in [0.05, 0.1) is 32.1 Å². The average Bonchev–Trinajstić information content (AvgIpc) is 2.97. The molecule has 1 saturated carbocycles. The SMILES string of the molecule is COC(=O)[C@@H]1CC[C@H]1C(=O)c1cc2c(F)c(OC)c(OC)cc2s1. The molecule has 1 aromatic carbocycles. The summed E-state index contributed by atoms with van der Waals surface area (Å²) in [5, 5.41) is 0.315. The van der Waals surface area contributed by atoms with E-state index < -0.39 is 17.7 Å². The second-order valence-electron chi connectivity index (χ2n) is 5.63. The van der Waals surface area contributed by atoms with Crippen LogP contribution in [0.3, 0.4) is 0 Å². The van der Waals surface area contributed by atoms with E-state index in [2.05, 4.69) is 0 Å². The molecule has 0 radical (unpaired) electrons. The van der Waals surface area contributed by atoms with Crippen molar-refractivity contribution < 1.29 is 28.2 Å². The van der Waals surface area contributed by atoms with Gasteiger partial charge in [0.1, 0.15) is 0 Å². The third kappa shape index (κ3) is 2.53.